The Morgan fingerprint density at radius 1 is 1.25 bits per heavy atom. The average Bonchev–Trinajstić information content (AvgIpc) is 2.39. The predicted molar refractivity (Wildman–Crippen MR) is 67.6 cm³/mol. The second-order valence-electron chi connectivity index (χ2n) is 4.45. The first-order chi connectivity index (χ1) is 7.81. The second kappa shape index (κ2) is 5.30. The van der Waals surface area contributed by atoms with Crippen LogP contribution in [-0.2, 0) is 4.43 Å². The summed E-state index contributed by atoms with van der Waals surface area (Å²) in [6, 6.07) is 7.96. The van der Waals surface area contributed by atoms with Gasteiger partial charge in [0.15, 0.2) is 0 Å². The Hall–Kier alpha value is -1.09. The summed E-state index contributed by atoms with van der Waals surface area (Å²) in [5, 5.41) is 0. The van der Waals surface area contributed by atoms with E-state index in [1.54, 1.807) is 0 Å². The van der Waals surface area contributed by atoms with E-state index in [0.717, 1.165) is 0 Å². The van der Waals surface area contributed by atoms with E-state index >= 15 is 0 Å². The summed E-state index contributed by atoms with van der Waals surface area (Å²) >= 11 is 0. The molecule has 1 aromatic rings. The van der Waals surface area contributed by atoms with Gasteiger partial charge in [-0.1, -0.05) is 31.4 Å². The van der Waals surface area contributed by atoms with Crippen molar-refractivity contribution in [2.45, 2.75) is 38.0 Å². The molecule has 0 spiro atoms. The molecular weight excluding hydrogens is 216 g/mol. The molecule has 0 atom stereocenters. The fourth-order valence-corrected chi connectivity index (χ4v) is 2.71. The molecule has 86 valence electrons. The Bertz CT molecular complexity index is 370. The van der Waals surface area contributed by atoms with Crippen LogP contribution in [0.25, 0.3) is 0 Å². The van der Waals surface area contributed by atoms with E-state index in [1.807, 2.05) is 18.2 Å². The molecule has 0 aromatic heterocycles. The third kappa shape index (κ3) is 2.53. The van der Waals surface area contributed by atoms with E-state index < -0.39 is 0 Å². The van der Waals surface area contributed by atoms with Gasteiger partial charge in [0.2, 0.25) is 10.5 Å². The molecule has 0 amide bonds. The zero-order valence-electron chi connectivity index (χ0n) is 9.74. The third-order valence-electron chi connectivity index (χ3n) is 3.38. The van der Waals surface area contributed by atoms with Crippen LogP contribution in [0.5, 0.6) is 0 Å². The van der Waals surface area contributed by atoms with Gasteiger partial charge in [-0.25, -0.2) is 4.79 Å². The molecule has 1 aliphatic carbocycles. The van der Waals surface area contributed by atoms with Gasteiger partial charge in [-0.15, -0.1) is 0 Å². The summed E-state index contributed by atoms with van der Waals surface area (Å²) in [4.78, 5) is 11.5. The van der Waals surface area contributed by atoms with Crippen LogP contribution < -0.4 is 0 Å². The molecule has 3 heteroatoms. The maximum absolute atomic E-state index is 11.5. The highest BCUT2D eigenvalue weighted by Gasteiger charge is 2.16. The third-order valence-corrected chi connectivity index (χ3v) is 3.76. The summed E-state index contributed by atoms with van der Waals surface area (Å²) in [6.45, 7) is 0. The normalized spacial score (nSPS) is 17.2. The highest BCUT2D eigenvalue weighted by molar-refractivity contribution is 6.09. The molecule has 2 rings (SSSR count). The van der Waals surface area contributed by atoms with E-state index in [-0.39, 0.29) is 5.97 Å². The summed E-state index contributed by atoms with van der Waals surface area (Å²) in [5.74, 6) is 0.472. The highest BCUT2D eigenvalue weighted by Crippen LogP contribution is 2.32. The lowest BCUT2D eigenvalue weighted by Gasteiger charge is -2.22. The zero-order chi connectivity index (χ0) is 11.4. The molecule has 0 radical (unpaired) electrons. The molecule has 1 fully saturated rings. The van der Waals surface area contributed by atoms with E-state index in [4.69, 9.17) is 4.43 Å². The van der Waals surface area contributed by atoms with Crippen LogP contribution in [0, 0.1) is 0 Å². The number of carbonyl (C=O) groups excluding carboxylic acids is 1. The van der Waals surface area contributed by atoms with E-state index in [1.165, 1.54) is 37.7 Å². The fourth-order valence-electron chi connectivity index (χ4n) is 2.47. The zero-order valence-corrected chi connectivity index (χ0v) is 11.7. The Morgan fingerprint density at radius 2 is 2.00 bits per heavy atom. The van der Waals surface area contributed by atoms with Crippen molar-refractivity contribution >= 4 is 16.5 Å². The molecule has 0 saturated heterocycles. The minimum Gasteiger partial charge on any atom is -0.525 e. The topological polar surface area (TPSA) is 26.3 Å². The largest absolute Gasteiger partial charge is 0.525 e. The lowest BCUT2D eigenvalue weighted by Crippen LogP contribution is -2.07. The summed E-state index contributed by atoms with van der Waals surface area (Å²) in [6.07, 6.45) is 6.53. The Balaban J connectivity index is 2.17. The van der Waals surface area contributed by atoms with Gasteiger partial charge >= 0.3 is 5.97 Å². The first kappa shape index (κ1) is 11.4. The standard InChI is InChI=1S/C13H18O2Si/c14-13(15-16)12-8-4-7-11(9-12)10-5-2-1-3-6-10/h4,7-10H,1-3,5-6H2,16H3. The van der Waals surface area contributed by atoms with E-state index in [0.29, 0.717) is 22.0 Å². The number of rotatable bonds is 2. The van der Waals surface area contributed by atoms with E-state index in [9.17, 15) is 4.79 Å². The van der Waals surface area contributed by atoms with Gasteiger partial charge in [0, 0.05) is 0 Å². The first-order valence-electron chi connectivity index (χ1n) is 5.99. The molecule has 1 saturated carbocycles. The smallest absolute Gasteiger partial charge is 0.324 e. The number of benzene rings is 1. The Kier molecular flexibility index (Phi) is 3.77. The van der Waals surface area contributed by atoms with Crippen LogP contribution in [0.4, 0.5) is 0 Å². The van der Waals surface area contributed by atoms with Gasteiger partial charge in [0.05, 0.1) is 5.56 Å². The molecule has 2 nitrogen and oxygen atoms in total. The van der Waals surface area contributed by atoms with Crippen molar-refractivity contribution in [2.24, 2.45) is 0 Å². The molecule has 0 unspecified atom stereocenters. The van der Waals surface area contributed by atoms with Gasteiger partial charge in [-0.05, 0) is 36.5 Å². The summed E-state index contributed by atoms with van der Waals surface area (Å²) < 4.78 is 4.88. The molecule has 1 aromatic carbocycles. The monoisotopic (exact) mass is 234 g/mol. The molecule has 1 aliphatic rings. The maximum atomic E-state index is 11.5. The van der Waals surface area contributed by atoms with Crippen LogP contribution in [0.15, 0.2) is 24.3 Å². The fraction of sp³-hybridized carbons (Fsp3) is 0.462. The van der Waals surface area contributed by atoms with Crippen LogP contribution in [0.2, 0.25) is 0 Å². The quantitative estimate of drug-likeness (QED) is 0.733. The van der Waals surface area contributed by atoms with Gasteiger partial charge < -0.3 is 4.43 Å². The van der Waals surface area contributed by atoms with Gasteiger partial charge in [-0.2, -0.15) is 0 Å². The molecule has 16 heavy (non-hydrogen) atoms. The van der Waals surface area contributed by atoms with Crippen molar-refractivity contribution in [3.8, 4) is 0 Å². The van der Waals surface area contributed by atoms with Crippen molar-refractivity contribution in [2.75, 3.05) is 0 Å². The lowest BCUT2D eigenvalue weighted by atomic mass is 9.84. The van der Waals surface area contributed by atoms with Crippen molar-refractivity contribution in [3.63, 3.8) is 0 Å². The minimum absolute atomic E-state index is 0.177. The van der Waals surface area contributed by atoms with Crippen molar-refractivity contribution < 1.29 is 9.22 Å². The Morgan fingerprint density at radius 3 is 2.69 bits per heavy atom. The molecule has 0 bridgehead atoms. The number of carbonyl (C=O) groups is 1. The number of hydrogen-bond acceptors (Lipinski definition) is 2. The summed E-state index contributed by atoms with van der Waals surface area (Å²) in [7, 11) is 0.466. The van der Waals surface area contributed by atoms with Crippen molar-refractivity contribution in [1.29, 1.82) is 0 Å². The lowest BCUT2D eigenvalue weighted by molar-refractivity contribution is 0.0749. The molecule has 0 aliphatic heterocycles. The van der Waals surface area contributed by atoms with Crippen LogP contribution in [0.3, 0.4) is 0 Å². The average molecular weight is 234 g/mol. The predicted octanol–water partition coefficient (Wildman–Crippen LogP) is 2.17. The van der Waals surface area contributed by atoms with Gasteiger partial charge in [0.1, 0.15) is 0 Å². The van der Waals surface area contributed by atoms with Gasteiger partial charge in [-0.3, -0.25) is 0 Å². The van der Waals surface area contributed by atoms with E-state index in [2.05, 4.69) is 6.07 Å². The molecule has 0 heterocycles. The highest BCUT2D eigenvalue weighted by atomic mass is 28.2. The van der Waals surface area contributed by atoms with Crippen molar-refractivity contribution in [3.05, 3.63) is 35.4 Å². The van der Waals surface area contributed by atoms with Gasteiger partial charge in [0.25, 0.3) is 0 Å². The SMILES string of the molecule is O=C(O[SiH3])c1cccc(C2CCCCC2)c1. The minimum atomic E-state index is -0.177. The van der Waals surface area contributed by atoms with Crippen molar-refractivity contribution in [1.82, 2.24) is 0 Å². The van der Waals surface area contributed by atoms with Crippen LogP contribution >= 0.6 is 0 Å². The van der Waals surface area contributed by atoms with Crippen LogP contribution in [-0.4, -0.2) is 16.5 Å². The second-order valence-corrected chi connectivity index (χ2v) is 4.86. The van der Waals surface area contributed by atoms with Crippen LogP contribution in [0.1, 0.15) is 53.9 Å². The first-order valence-corrected chi connectivity index (χ1v) is 6.81. The Labute approximate surface area is 99.5 Å². The number of hydrogen-bond donors (Lipinski definition) is 0. The maximum Gasteiger partial charge on any atom is 0.324 e. The molecular formula is C13H18O2Si. The molecule has 0 N–H and O–H groups in total. The summed E-state index contributed by atoms with van der Waals surface area (Å²) in [5.41, 5.74) is 2.02.